The van der Waals surface area contributed by atoms with E-state index in [2.05, 4.69) is 11.1 Å². The van der Waals surface area contributed by atoms with Gasteiger partial charge in [-0.3, -0.25) is 0 Å². The molecule has 0 amide bonds. The summed E-state index contributed by atoms with van der Waals surface area (Å²) < 4.78 is 8.27. The average Bonchev–Trinajstić information content (AvgIpc) is 3.47. The number of nitriles is 1. The van der Waals surface area contributed by atoms with Crippen molar-refractivity contribution in [3.8, 4) is 28.8 Å². The molecule has 0 aliphatic rings. The van der Waals surface area contributed by atoms with Crippen molar-refractivity contribution in [1.29, 1.82) is 5.26 Å². The topological polar surface area (TPSA) is 63.7 Å². The number of aromatic nitrogens is 3. The molecule has 0 saturated heterocycles. The maximum Gasteiger partial charge on any atom is 0.135 e. The van der Waals surface area contributed by atoms with Gasteiger partial charge in [0.1, 0.15) is 22.5 Å². The highest BCUT2D eigenvalue weighted by Crippen LogP contribution is 2.33. The second kappa shape index (κ2) is 8.73. The second-order valence-corrected chi connectivity index (χ2v) is 8.58. The second-order valence-electron chi connectivity index (χ2n) is 7.55. The molecule has 0 bridgehead atoms. The van der Waals surface area contributed by atoms with Gasteiger partial charge in [0.05, 0.1) is 28.6 Å². The molecule has 5 nitrogen and oxygen atoms in total. The van der Waals surface area contributed by atoms with Crippen molar-refractivity contribution in [2.75, 3.05) is 7.11 Å². The molecule has 3 aromatic carbocycles. The number of para-hydroxylation sites is 2. The molecule has 0 saturated carbocycles. The van der Waals surface area contributed by atoms with Crippen LogP contribution in [0.4, 0.5) is 0 Å². The van der Waals surface area contributed by atoms with Crippen molar-refractivity contribution >= 4 is 33.2 Å². The van der Waals surface area contributed by atoms with Gasteiger partial charge in [-0.2, -0.15) is 10.4 Å². The number of ether oxygens (including phenoxy) is 1. The molecular formula is C27H20N4OS. The quantitative estimate of drug-likeness (QED) is 0.287. The summed E-state index contributed by atoms with van der Waals surface area (Å²) in [6.07, 6.45) is 3.84. The number of methoxy groups -OCH3 is 1. The van der Waals surface area contributed by atoms with E-state index in [1.807, 2.05) is 96.7 Å². The fraction of sp³-hybridized carbons (Fsp3) is 0.0741. The molecule has 0 fully saturated rings. The largest absolute Gasteiger partial charge is 0.497 e. The normalized spacial score (nSPS) is 11.5. The first-order valence-electron chi connectivity index (χ1n) is 10.4. The standard InChI is InChI=1S/C27H20N4OS/c1-18-14-22(32-2)12-13-23(18)26-20(17-31(30-26)21-8-4-3-5-9-21)15-19(16-28)27-29-24-10-6-7-11-25(24)33-27/h3-15,17H,1-2H3/b19-15+. The predicted molar refractivity (Wildman–Crippen MR) is 133 cm³/mol. The molecule has 0 atom stereocenters. The number of rotatable bonds is 5. The zero-order chi connectivity index (χ0) is 22.8. The fourth-order valence-electron chi connectivity index (χ4n) is 3.73. The smallest absolute Gasteiger partial charge is 0.135 e. The lowest BCUT2D eigenvalue weighted by molar-refractivity contribution is 0.414. The number of benzene rings is 3. The molecule has 2 aromatic heterocycles. The van der Waals surface area contributed by atoms with E-state index in [4.69, 9.17) is 9.84 Å². The van der Waals surface area contributed by atoms with Crippen LogP contribution in [0.25, 0.3) is 38.8 Å². The van der Waals surface area contributed by atoms with Crippen molar-refractivity contribution in [3.63, 3.8) is 0 Å². The monoisotopic (exact) mass is 448 g/mol. The summed E-state index contributed by atoms with van der Waals surface area (Å²) in [5, 5.41) is 15.6. The van der Waals surface area contributed by atoms with Crippen molar-refractivity contribution in [1.82, 2.24) is 14.8 Å². The van der Waals surface area contributed by atoms with E-state index < -0.39 is 0 Å². The molecule has 160 valence electrons. The zero-order valence-corrected chi connectivity index (χ0v) is 19.0. The molecule has 0 aliphatic heterocycles. The lowest BCUT2D eigenvalue weighted by atomic mass is 10.0. The molecule has 0 spiro atoms. The van der Waals surface area contributed by atoms with Gasteiger partial charge >= 0.3 is 0 Å². The summed E-state index contributed by atoms with van der Waals surface area (Å²) in [5.74, 6) is 0.794. The fourth-order valence-corrected chi connectivity index (χ4v) is 4.66. The molecule has 0 N–H and O–H groups in total. The maximum absolute atomic E-state index is 9.98. The lowest BCUT2D eigenvalue weighted by Gasteiger charge is -2.07. The number of fused-ring (bicyclic) bond motifs is 1. The number of hydrogen-bond acceptors (Lipinski definition) is 5. The number of hydrogen-bond donors (Lipinski definition) is 0. The molecule has 2 heterocycles. The SMILES string of the molecule is COc1ccc(-c2nn(-c3ccccc3)cc2/C=C(\C#N)c2nc3ccccc3s2)c(C)c1. The van der Waals surface area contributed by atoms with Crippen LogP contribution in [-0.4, -0.2) is 21.9 Å². The Bertz CT molecular complexity index is 1490. The molecule has 5 rings (SSSR count). The van der Waals surface area contributed by atoms with Crippen LogP contribution in [0, 0.1) is 18.3 Å². The van der Waals surface area contributed by atoms with Crippen LogP contribution < -0.4 is 4.74 Å². The molecule has 6 heteroatoms. The number of allylic oxidation sites excluding steroid dienone is 1. The van der Waals surface area contributed by atoms with Crippen molar-refractivity contribution in [2.45, 2.75) is 6.92 Å². The highest BCUT2D eigenvalue weighted by Gasteiger charge is 2.16. The van der Waals surface area contributed by atoms with Crippen molar-refractivity contribution < 1.29 is 4.74 Å². The van der Waals surface area contributed by atoms with Crippen LogP contribution in [0.5, 0.6) is 5.75 Å². The Balaban J connectivity index is 1.68. The Morgan fingerprint density at radius 1 is 1.06 bits per heavy atom. The molecule has 5 aromatic rings. The number of thiazole rings is 1. The predicted octanol–water partition coefficient (Wildman–Crippen LogP) is 6.53. The van der Waals surface area contributed by atoms with E-state index in [0.717, 1.165) is 44.0 Å². The van der Waals surface area contributed by atoms with Crippen LogP contribution >= 0.6 is 11.3 Å². The summed E-state index contributed by atoms with van der Waals surface area (Å²) in [4.78, 5) is 4.67. The van der Waals surface area contributed by atoms with Gasteiger partial charge in [-0.1, -0.05) is 30.3 Å². The molecule has 0 aliphatic carbocycles. The Hall–Kier alpha value is -4.21. The first-order valence-corrected chi connectivity index (χ1v) is 11.3. The summed E-state index contributed by atoms with van der Waals surface area (Å²) in [7, 11) is 1.66. The minimum absolute atomic E-state index is 0.510. The van der Waals surface area contributed by atoms with Gasteiger partial charge in [0.2, 0.25) is 0 Å². The third-order valence-corrected chi connectivity index (χ3v) is 6.47. The first-order chi connectivity index (χ1) is 16.2. The highest BCUT2D eigenvalue weighted by atomic mass is 32.1. The van der Waals surface area contributed by atoms with Gasteiger partial charge < -0.3 is 4.74 Å². The molecule has 33 heavy (non-hydrogen) atoms. The van der Waals surface area contributed by atoms with E-state index in [0.29, 0.717) is 10.6 Å². The average molecular weight is 449 g/mol. The lowest BCUT2D eigenvalue weighted by Crippen LogP contribution is -1.95. The van der Waals surface area contributed by atoms with E-state index >= 15 is 0 Å². The number of nitrogens with zero attached hydrogens (tertiary/aromatic N) is 4. The van der Waals surface area contributed by atoms with E-state index in [-0.39, 0.29) is 0 Å². The Kier molecular flexibility index (Phi) is 5.47. The van der Waals surface area contributed by atoms with Crippen LogP contribution in [0.3, 0.4) is 0 Å². The summed E-state index contributed by atoms with van der Waals surface area (Å²) in [5.41, 5.74) is 6.03. The van der Waals surface area contributed by atoms with Gasteiger partial charge in [0.15, 0.2) is 0 Å². The Morgan fingerprint density at radius 2 is 1.85 bits per heavy atom. The number of aryl methyl sites for hydroxylation is 1. The Morgan fingerprint density at radius 3 is 2.58 bits per heavy atom. The summed E-state index contributed by atoms with van der Waals surface area (Å²) in [6, 6.07) is 26.1. The molecule has 0 unspecified atom stereocenters. The molecule has 0 radical (unpaired) electrons. The van der Waals surface area contributed by atoms with Crippen LogP contribution in [0.15, 0.2) is 79.0 Å². The van der Waals surface area contributed by atoms with E-state index in [9.17, 15) is 5.26 Å². The van der Waals surface area contributed by atoms with Gasteiger partial charge in [0, 0.05) is 17.3 Å². The first kappa shape index (κ1) is 20.7. The van der Waals surface area contributed by atoms with Gasteiger partial charge in [-0.05, 0) is 61.0 Å². The van der Waals surface area contributed by atoms with Gasteiger partial charge in [-0.25, -0.2) is 9.67 Å². The molecular weight excluding hydrogens is 428 g/mol. The Labute approximate surface area is 195 Å². The summed E-state index contributed by atoms with van der Waals surface area (Å²) in [6.45, 7) is 2.03. The van der Waals surface area contributed by atoms with Crippen molar-refractivity contribution in [2.24, 2.45) is 0 Å². The van der Waals surface area contributed by atoms with Gasteiger partial charge in [0.25, 0.3) is 0 Å². The van der Waals surface area contributed by atoms with Gasteiger partial charge in [-0.15, -0.1) is 11.3 Å². The highest BCUT2D eigenvalue weighted by molar-refractivity contribution is 7.19. The minimum atomic E-state index is 0.510. The van der Waals surface area contributed by atoms with Crippen LogP contribution in [-0.2, 0) is 0 Å². The third-order valence-electron chi connectivity index (χ3n) is 5.40. The zero-order valence-electron chi connectivity index (χ0n) is 18.2. The van der Waals surface area contributed by atoms with Crippen LogP contribution in [0.2, 0.25) is 0 Å². The minimum Gasteiger partial charge on any atom is -0.497 e. The van der Waals surface area contributed by atoms with E-state index in [1.54, 1.807) is 7.11 Å². The summed E-state index contributed by atoms with van der Waals surface area (Å²) >= 11 is 1.52. The maximum atomic E-state index is 9.98. The van der Waals surface area contributed by atoms with Crippen molar-refractivity contribution in [3.05, 3.63) is 95.1 Å². The van der Waals surface area contributed by atoms with Crippen LogP contribution in [0.1, 0.15) is 16.1 Å². The van der Waals surface area contributed by atoms with E-state index in [1.165, 1.54) is 11.3 Å². The third kappa shape index (κ3) is 4.02.